The second kappa shape index (κ2) is 9.33. The van der Waals surface area contributed by atoms with Gasteiger partial charge in [-0.2, -0.15) is 4.31 Å². The molecule has 0 saturated heterocycles. The van der Waals surface area contributed by atoms with Gasteiger partial charge in [0.1, 0.15) is 6.04 Å². The van der Waals surface area contributed by atoms with Gasteiger partial charge in [0, 0.05) is 20.1 Å². The molecule has 0 radical (unpaired) electrons. The van der Waals surface area contributed by atoms with Crippen LogP contribution in [-0.4, -0.2) is 61.9 Å². The molecule has 1 N–H and O–H groups in total. The van der Waals surface area contributed by atoms with E-state index >= 15 is 0 Å². The fraction of sp³-hybridized carbons (Fsp3) is 0.412. The molecule has 138 valence electrons. The smallest absolute Gasteiger partial charge is 0.242 e. The van der Waals surface area contributed by atoms with Crippen molar-refractivity contribution in [2.24, 2.45) is 0 Å². The Hall–Kier alpha value is -2.19. The van der Waals surface area contributed by atoms with Crippen molar-refractivity contribution in [1.82, 2.24) is 14.5 Å². The summed E-state index contributed by atoms with van der Waals surface area (Å²) in [5, 5.41) is 2.65. The Balaban J connectivity index is 2.99. The third kappa shape index (κ3) is 6.67. The maximum absolute atomic E-state index is 12.6. The highest BCUT2D eigenvalue weighted by atomic mass is 32.2. The Morgan fingerprint density at radius 3 is 2.40 bits per heavy atom. The average molecular weight is 367 g/mol. The fourth-order valence-electron chi connectivity index (χ4n) is 2.08. The average Bonchev–Trinajstić information content (AvgIpc) is 2.56. The third-order valence-electron chi connectivity index (χ3n) is 3.71. The lowest BCUT2D eigenvalue weighted by Gasteiger charge is -2.30. The van der Waals surface area contributed by atoms with Crippen LogP contribution in [0.2, 0.25) is 0 Å². The number of benzene rings is 1. The summed E-state index contributed by atoms with van der Waals surface area (Å²) in [4.78, 5) is 26.3. The predicted octanol–water partition coefficient (Wildman–Crippen LogP) is 0.597. The van der Waals surface area contributed by atoms with Gasteiger partial charge in [-0.25, -0.2) is 8.42 Å². The molecule has 25 heavy (non-hydrogen) atoms. The van der Waals surface area contributed by atoms with Crippen LogP contribution < -0.4 is 5.32 Å². The lowest BCUT2D eigenvalue weighted by Crippen LogP contribution is -2.50. The normalized spacial score (nSPS) is 12.5. The Kier molecular flexibility index (Phi) is 7.79. The summed E-state index contributed by atoms with van der Waals surface area (Å²) in [6, 6.07) is 8.46. The topological polar surface area (TPSA) is 86.8 Å². The van der Waals surface area contributed by atoms with E-state index < -0.39 is 22.0 Å². The lowest BCUT2D eigenvalue weighted by molar-refractivity contribution is -0.140. The number of nitrogens with one attached hydrogen (secondary N) is 1. The highest BCUT2D eigenvalue weighted by Gasteiger charge is 2.28. The van der Waals surface area contributed by atoms with Crippen LogP contribution in [0.25, 0.3) is 0 Å². The van der Waals surface area contributed by atoms with Crippen LogP contribution >= 0.6 is 0 Å². The molecule has 1 aromatic rings. The Bertz CT molecular complexity index is 704. The predicted molar refractivity (Wildman–Crippen MR) is 97.1 cm³/mol. The van der Waals surface area contributed by atoms with Gasteiger partial charge in [0.05, 0.1) is 12.8 Å². The summed E-state index contributed by atoms with van der Waals surface area (Å²) < 4.78 is 24.1. The number of amides is 2. The summed E-state index contributed by atoms with van der Waals surface area (Å²) in [5.41, 5.74) is 0.848. The fourth-order valence-corrected chi connectivity index (χ4v) is 2.43. The quantitative estimate of drug-likeness (QED) is 0.648. The highest BCUT2D eigenvalue weighted by molar-refractivity contribution is 7.88. The summed E-state index contributed by atoms with van der Waals surface area (Å²) in [5.74, 6) is -0.774. The second-order valence-corrected chi connectivity index (χ2v) is 7.83. The molecule has 1 unspecified atom stereocenters. The van der Waals surface area contributed by atoms with E-state index in [1.165, 1.54) is 11.9 Å². The van der Waals surface area contributed by atoms with Crippen molar-refractivity contribution in [2.75, 3.05) is 26.4 Å². The van der Waals surface area contributed by atoms with Gasteiger partial charge in [-0.1, -0.05) is 36.4 Å². The summed E-state index contributed by atoms with van der Waals surface area (Å²) in [7, 11) is -2.16. The van der Waals surface area contributed by atoms with Crippen LogP contribution in [0.5, 0.6) is 0 Å². The molecular weight excluding hydrogens is 342 g/mol. The molecule has 0 saturated carbocycles. The van der Waals surface area contributed by atoms with Gasteiger partial charge in [0.15, 0.2) is 0 Å². The van der Waals surface area contributed by atoms with E-state index in [4.69, 9.17) is 0 Å². The first kappa shape index (κ1) is 20.9. The van der Waals surface area contributed by atoms with Gasteiger partial charge >= 0.3 is 0 Å². The minimum atomic E-state index is -3.49. The van der Waals surface area contributed by atoms with Crippen LogP contribution in [0, 0.1) is 0 Å². The van der Waals surface area contributed by atoms with Crippen molar-refractivity contribution in [3.05, 3.63) is 48.6 Å². The van der Waals surface area contributed by atoms with Crippen LogP contribution in [-0.2, 0) is 26.2 Å². The van der Waals surface area contributed by atoms with E-state index in [1.807, 2.05) is 30.3 Å². The van der Waals surface area contributed by atoms with Crippen molar-refractivity contribution >= 4 is 21.8 Å². The Morgan fingerprint density at radius 2 is 1.88 bits per heavy atom. The molecule has 1 atom stereocenters. The number of rotatable bonds is 9. The van der Waals surface area contributed by atoms with Gasteiger partial charge in [-0.3, -0.25) is 9.59 Å². The molecule has 0 aromatic heterocycles. The van der Waals surface area contributed by atoms with Crippen LogP contribution in [0.1, 0.15) is 12.5 Å². The lowest BCUT2D eigenvalue weighted by atomic mass is 10.1. The van der Waals surface area contributed by atoms with E-state index in [0.29, 0.717) is 6.54 Å². The Labute approximate surface area is 149 Å². The third-order valence-corrected chi connectivity index (χ3v) is 4.97. The van der Waals surface area contributed by atoms with Crippen LogP contribution in [0.15, 0.2) is 43.0 Å². The molecule has 0 aliphatic carbocycles. The number of likely N-dealkylation sites (N-methyl/N-ethyl adjacent to an activating group) is 1. The Morgan fingerprint density at radius 1 is 1.28 bits per heavy atom. The number of carbonyl (C=O) groups is 2. The van der Waals surface area contributed by atoms with Crippen molar-refractivity contribution in [2.45, 2.75) is 19.5 Å². The van der Waals surface area contributed by atoms with E-state index in [1.54, 1.807) is 13.0 Å². The first-order chi connectivity index (χ1) is 11.7. The first-order valence-electron chi connectivity index (χ1n) is 7.80. The van der Waals surface area contributed by atoms with Gasteiger partial charge in [0.2, 0.25) is 21.8 Å². The second-order valence-electron chi connectivity index (χ2n) is 5.74. The van der Waals surface area contributed by atoms with Crippen molar-refractivity contribution in [3.63, 3.8) is 0 Å². The molecule has 0 heterocycles. The maximum Gasteiger partial charge on any atom is 0.242 e. The van der Waals surface area contributed by atoms with Gasteiger partial charge in [-0.05, 0) is 12.5 Å². The highest BCUT2D eigenvalue weighted by Crippen LogP contribution is 2.10. The first-order valence-corrected chi connectivity index (χ1v) is 9.65. The zero-order valence-corrected chi connectivity index (χ0v) is 15.6. The zero-order chi connectivity index (χ0) is 19.0. The van der Waals surface area contributed by atoms with E-state index in [2.05, 4.69) is 11.9 Å². The minimum Gasteiger partial charge on any atom is -0.351 e. The van der Waals surface area contributed by atoms with Gasteiger partial charge in [0.25, 0.3) is 0 Å². The molecule has 2 amide bonds. The summed E-state index contributed by atoms with van der Waals surface area (Å²) >= 11 is 0. The van der Waals surface area contributed by atoms with Crippen molar-refractivity contribution in [3.8, 4) is 0 Å². The standard InChI is InChI=1S/C17H25N3O4S/c1-5-11-18-17(22)14(2)20(12-15-9-7-6-8-10-15)16(21)13-19(3)25(4,23)24/h5-10,14H,1,11-13H2,2-4H3,(H,18,22). The molecule has 0 aliphatic heterocycles. The van der Waals surface area contributed by atoms with Crippen molar-refractivity contribution in [1.29, 1.82) is 0 Å². The molecule has 0 aliphatic rings. The summed E-state index contributed by atoms with van der Waals surface area (Å²) in [6.45, 7) is 5.32. The zero-order valence-electron chi connectivity index (χ0n) is 14.8. The van der Waals surface area contributed by atoms with E-state index in [9.17, 15) is 18.0 Å². The molecule has 0 bridgehead atoms. The summed E-state index contributed by atoms with van der Waals surface area (Å²) in [6.07, 6.45) is 2.58. The SMILES string of the molecule is C=CCNC(=O)C(C)N(Cc1ccccc1)C(=O)CN(C)S(C)(=O)=O. The minimum absolute atomic E-state index is 0.208. The molecule has 1 rings (SSSR count). The molecule has 0 spiro atoms. The van der Waals surface area contributed by atoms with Gasteiger partial charge < -0.3 is 10.2 Å². The van der Waals surface area contributed by atoms with Gasteiger partial charge in [-0.15, -0.1) is 6.58 Å². The van der Waals surface area contributed by atoms with E-state index in [0.717, 1.165) is 16.1 Å². The molecule has 0 fully saturated rings. The number of hydrogen-bond acceptors (Lipinski definition) is 4. The number of nitrogens with zero attached hydrogens (tertiary/aromatic N) is 2. The number of hydrogen-bond donors (Lipinski definition) is 1. The number of carbonyl (C=O) groups excluding carboxylic acids is 2. The van der Waals surface area contributed by atoms with Crippen molar-refractivity contribution < 1.29 is 18.0 Å². The molecular formula is C17H25N3O4S. The molecule has 1 aromatic carbocycles. The van der Waals surface area contributed by atoms with Crippen LogP contribution in [0.3, 0.4) is 0 Å². The largest absolute Gasteiger partial charge is 0.351 e. The van der Waals surface area contributed by atoms with Crippen LogP contribution in [0.4, 0.5) is 0 Å². The molecule has 7 nitrogen and oxygen atoms in total. The monoisotopic (exact) mass is 367 g/mol. The van der Waals surface area contributed by atoms with E-state index in [-0.39, 0.29) is 19.0 Å². The maximum atomic E-state index is 12.6. The molecule has 8 heteroatoms. The number of sulfonamides is 1.